The maximum atomic E-state index is 13.1. The number of benzene rings is 1. The second-order valence-electron chi connectivity index (χ2n) is 11.8. The van der Waals surface area contributed by atoms with Gasteiger partial charge in [0.2, 0.25) is 0 Å². The molecule has 1 aliphatic carbocycles. The van der Waals surface area contributed by atoms with Crippen LogP contribution in [0.5, 0.6) is 0 Å². The van der Waals surface area contributed by atoms with E-state index in [9.17, 15) is 9.59 Å². The lowest BCUT2D eigenvalue weighted by atomic mass is 9.99. The number of fused-ring (bicyclic) bond motifs is 1. The fraction of sp³-hybridized carbons (Fsp3) is 0.382. The number of rotatable bonds is 8. The topological polar surface area (TPSA) is 93.4 Å². The van der Waals surface area contributed by atoms with Crippen molar-refractivity contribution in [3.05, 3.63) is 91.7 Å². The van der Waals surface area contributed by atoms with Crippen LogP contribution in [0.15, 0.2) is 59.7 Å². The van der Waals surface area contributed by atoms with Crippen molar-refractivity contribution in [1.29, 1.82) is 0 Å². The second-order valence-corrected chi connectivity index (χ2v) is 12.9. The lowest BCUT2D eigenvalue weighted by molar-refractivity contribution is 0.103. The zero-order valence-corrected chi connectivity index (χ0v) is 26.0. The van der Waals surface area contributed by atoms with Gasteiger partial charge in [0.05, 0.1) is 16.8 Å². The fourth-order valence-electron chi connectivity index (χ4n) is 6.05. The van der Waals surface area contributed by atoms with Gasteiger partial charge in [-0.1, -0.05) is 12.1 Å². The number of nitrogens with one attached hydrogen (secondary N) is 3. The molecule has 0 atom stereocenters. The highest BCUT2D eigenvalue weighted by Gasteiger charge is 2.20. The Kier molecular flexibility index (Phi) is 8.63. The number of hydrogen-bond acceptors (Lipinski definition) is 7. The molecule has 4 heterocycles. The second kappa shape index (κ2) is 12.7. The molecule has 6 rings (SSSR count). The van der Waals surface area contributed by atoms with E-state index < -0.39 is 0 Å². The molecule has 9 heteroatoms. The van der Waals surface area contributed by atoms with Gasteiger partial charge in [-0.05, 0) is 99.0 Å². The van der Waals surface area contributed by atoms with Crippen LogP contribution in [0.1, 0.15) is 57.9 Å². The zero-order valence-electron chi connectivity index (χ0n) is 25.2. The molecule has 1 amide bonds. The van der Waals surface area contributed by atoms with E-state index in [1.165, 1.54) is 23.3 Å². The van der Waals surface area contributed by atoms with Gasteiger partial charge in [-0.25, -0.2) is 4.98 Å². The molecule has 4 aromatic rings. The van der Waals surface area contributed by atoms with E-state index in [0.29, 0.717) is 18.2 Å². The summed E-state index contributed by atoms with van der Waals surface area (Å²) >= 11 is 1.62. The molecular weight excluding hydrogens is 556 g/mol. The number of hydrogen-bond donors (Lipinski definition) is 3. The van der Waals surface area contributed by atoms with Gasteiger partial charge in [0, 0.05) is 61.1 Å². The van der Waals surface area contributed by atoms with Gasteiger partial charge >= 0.3 is 0 Å². The van der Waals surface area contributed by atoms with Gasteiger partial charge in [0.15, 0.2) is 0 Å². The van der Waals surface area contributed by atoms with Crippen LogP contribution in [0.4, 0.5) is 17.2 Å². The summed E-state index contributed by atoms with van der Waals surface area (Å²) in [6.45, 7) is 10.9. The lowest BCUT2D eigenvalue weighted by Crippen LogP contribution is -2.48. The number of piperazine rings is 1. The number of carbonyl (C=O) groups excluding carboxylic acids is 1. The van der Waals surface area contributed by atoms with Gasteiger partial charge in [-0.15, -0.1) is 11.3 Å². The first-order valence-corrected chi connectivity index (χ1v) is 16.1. The van der Waals surface area contributed by atoms with E-state index in [4.69, 9.17) is 0 Å². The quantitative estimate of drug-likeness (QED) is 0.228. The molecule has 1 aromatic carbocycles. The summed E-state index contributed by atoms with van der Waals surface area (Å²) in [6, 6.07) is 14.5. The maximum absolute atomic E-state index is 13.1. The highest BCUT2D eigenvalue weighted by molar-refractivity contribution is 7.14. The third-order valence-corrected chi connectivity index (χ3v) is 9.95. The normalized spacial score (nSPS) is 15.4. The number of aromatic amines is 1. The Hall–Kier alpha value is -3.95. The average molecular weight is 597 g/mol. The van der Waals surface area contributed by atoms with Crippen molar-refractivity contribution < 1.29 is 4.79 Å². The van der Waals surface area contributed by atoms with Gasteiger partial charge in [0.1, 0.15) is 5.82 Å². The molecule has 0 bridgehead atoms. The fourth-order valence-corrected chi connectivity index (χ4v) is 7.20. The first-order chi connectivity index (χ1) is 20.9. The van der Waals surface area contributed by atoms with Gasteiger partial charge < -0.3 is 20.5 Å². The number of aromatic nitrogens is 2. The summed E-state index contributed by atoms with van der Waals surface area (Å²) in [4.78, 5) is 40.3. The van der Waals surface area contributed by atoms with E-state index in [1.807, 2.05) is 43.5 Å². The Morgan fingerprint density at radius 1 is 1.07 bits per heavy atom. The molecule has 0 radical (unpaired) electrons. The maximum Gasteiger partial charge on any atom is 0.265 e. The van der Waals surface area contributed by atoms with E-state index in [2.05, 4.69) is 56.4 Å². The molecule has 0 spiro atoms. The molecule has 3 aromatic heterocycles. The van der Waals surface area contributed by atoms with Crippen LogP contribution in [0.3, 0.4) is 0 Å². The molecule has 43 heavy (non-hydrogen) atoms. The van der Waals surface area contributed by atoms with E-state index in [0.717, 1.165) is 77.8 Å². The molecule has 1 fully saturated rings. The van der Waals surface area contributed by atoms with Crippen molar-refractivity contribution in [2.45, 2.75) is 59.0 Å². The number of nitrogens with zero attached hydrogens (tertiary/aromatic N) is 3. The summed E-state index contributed by atoms with van der Waals surface area (Å²) in [5, 5.41) is 6.44. The summed E-state index contributed by atoms with van der Waals surface area (Å²) in [5.41, 5.74) is 6.50. The van der Waals surface area contributed by atoms with Gasteiger partial charge in [-0.2, -0.15) is 0 Å². The molecule has 0 saturated carbocycles. The average Bonchev–Trinajstić information content (AvgIpc) is 3.47. The summed E-state index contributed by atoms with van der Waals surface area (Å²) in [6.07, 6.45) is 8.17. The molecule has 1 aliphatic heterocycles. The minimum atomic E-state index is -0.139. The van der Waals surface area contributed by atoms with Crippen molar-refractivity contribution in [3.63, 3.8) is 0 Å². The number of pyridine rings is 2. The molecule has 0 unspecified atom stereocenters. The molecule has 2 aliphatic rings. The van der Waals surface area contributed by atoms with Crippen LogP contribution >= 0.6 is 11.3 Å². The zero-order chi connectivity index (χ0) is 29.9. The van der Waals surface area contributed by atoms with Crippen LogP contribution in [-0.2, 0) is 19.4 Å². The first-order valence-electron chi connectivity index (χ1n) is 15.3. The van der Waals surface area contributed by atoms with Crippen LogP contribution in [-0.4, -0.2) is 53.0 Å². The summed E-state index contributed by atoms with van der Waals surface area (Å²) < 4.78 is 0. The number of carbonyl (C=O) groups is 1. The minimum Gasteiger partial charge on any atom is -0.368 e. The number of thiophene rings is 1. The third kappa shape index (κ3) is 6.53. The summed E-state index contributed by atoms with van der Waals surface area (Å²) in [5.74, 6) is 0.660. The Morgan fingerprint density at radius 3 is 2.63 bits per heavy atom. The molecular formula is C34H40N6O2S. The van der Waals surface area contributed by atoms with Crippen LogP contribution in [0.2, 0.25) is 0 Å². The van der Waals surface area contributed by atoms with Crippen molar-refractivity contribution in [3.8, 4) is 11.1 Å². The van der Waals surface area contributed by atoms with Gasteiger partial charge in [-0.3, -0.25) is 14.5 Å². The van der Waals surface area contributed by atoms with E-state index >= 15 is 0 Å². The minimum absolute atomic E-state index is 0.0673. The Labute approximate surface area is 257 Å². The summed E-state index contributed by atoms with van der Waals surface area (Å²) in [7, 11) is 0. The van der Waals surface area contributed by atoms with E-state index in [1.54, 1.807) is 17.5 Å². The third-order valence-electron chi connectivity index (χ3n) is 8.71. The number of amides is 1. The largest absolute Gasteiger partial charge is 0.368 e. The Morgan fingerprint density at radius 2 is 1.88 bits per heavy atom. The number of aryl methyl sites for hydroxylation is 2. The Bertz CT molecular complexity index is 1630. The Balaban J connectivity index is 1.12. The molecule has 3 N–H and O–H groups in total. The standard InChI is InChI=1S/C34H40N6O2S/c1-22(2)39-13-15-40(16-14-39)27-11-12-32(36-21-27)35-20-26-17-25(19-37-33(26)41)28-8-6-9-29(23(28)3)38-34(42)31-18-24-7-4-5-10-30(24)43-31/h6,8-9,11-12,17-19,21-22H,4-5,7,10,13-16,20H2,1-3H3,(H,35,36)(H,37,41)(H,38,42). The van der Waals surface area contributed by atoms with Crippen molar-refractivity contribution in [1.82, 2.24) is 14.9 Å². The lowest BCUT2D eigenvalue weighted by Gasteiger charge is -2.38. The first kappa shape index (κ1) is 29.1. The van der Waals surface area contributed by atoms with Crippen LogP contribution in [0, 0.1) is 6.92 Å². The SMILES string of the molecule is Cc1c(NC(=O)c2cc3c(s2)CCCC3)cccc1-c1c[nH]c(=O)c(CNc2ccc(N3CCN(C(C)C)CC3)cn2)c1. The van der Waals surface area contributed by atoms with Gasteiger partial charge in [0.25, 0.3) is 11.5 Å². The van der Waals surface area contributed by atoms with Crippen molar-refractivity contribution in [2.24, 2.45) is 0 Å². The predicted molar refractivity (Wildman–Crippen MR) is 177 cm³/mol. The highest BCUT2D eigenvalue weighted by Crippen LogP contribution is 2.32. The smallest absolute Gasteiger partial charge is 0.265 e. The van der Waals surface area contributed by atoms with Crippen LogP contribution < -0.4 is 21.1 Å². The molecule has 224 valence electrons. The monoisotopic (exact) mass is 596 g/mol. The molecule has 1 saturated heterocycles. The molecule has 8 nitrogen and oxygen atoms in total. The van der Waals surface area contributed by atoms with Crippen molar-refractivity contribution in [2.75, 3.05) is 41.7 Å². The highest BCUT2D eigenvalue weighted by atomic mass is 32.1. The van der Waals surface area contributed by atoms with Crippen molar-refractivity contribution >= 4 is 34.4 Å². The van der Waals surface area contributed by atoms with Crippen LogP contribution in [0.25, 0.3) is 11.1 Å². The predicted octanol–water partition coefficient (Wildman–Crippen LogP) is 6.08. The van der Waals surface area contributed by atoms with E-state index in [-0.39, 0.29) is 11.5 Å². The number of H-pyrrole nitrogens is 1. The number of anilines is 3.